The van der Waals surface area contributed by atoms with Crippen LogP contribution in [0.5, 0.6) is 0 Å². The number of nitrogens with one attached hydrogen (secondary N) is 1. The lowest BCUT2D eigenvalue weighted by Crippen LogP contribution is -2.21. The number of benzene rings is 2. The van der Waals surface area contributed by atoms with Crippen LogP contribution in [0.3, 0.4) is 0 Å². The first-order valence-corrected chi connectivity index (χ1v) is 9.55. The number of amides is 1. The average molecular weight is 402 g/mol. The summed E-state index contributed by atoms with van der Waals surface area (Å²) in [4.78, 5) is 29.5. The van der Waals surface area contributed by atoms with Gasteiger partial charge in [-0.15, -0.1) is 0 Å². The number of carbonyl (C=O) groups is 1. The largest absolute Gasteiger partial charge is 0.326 e. The highest BCUT2D eigenvalue weighted by Gasteiger charge is 2.16. The van der Waals surface area contributed by atoms with Crippen molar-refractivity contribution < 1.29 is 4.79 Å². The van der Waals surface area contributed by atoms with Crippen molar-refractivity contribution in [2.24, 2.45) is 0 Å². The molecule has 138 valence electrons. The molecule has 1 amide bonds. The van der Waals surface area contributed by atoms with Gasteiger partial charge in [-0.2, -0.15) is 0 Å². The Kier molecular flexibility index (Phi) is 4.89. The number of rotatable bonds is 4. The molecule has 0 spiro atoms. The number of halogens is 2. The lowest BCUT2D eigenvalue weighted by Gasteiger charge is -2.09. The van der Waals surface area contributed by atoms with E-state index in [2.05, 4.69) is 10.3 Å². The summed E-state index contributed by atoms with van der Waals surface area (Å²) in [5.41, 5.74) is 2.03. The van der Waals surface area contributed by atoms with Crippen LogP contribution < -0.4 is 10.9 Å². The lowest BCUT2D eigenvalue weighted by atomic mass is 10.1. The molecule has 3 aromatic rings. The number of anilines is 1. The molecule has 5 nitrogen and oxygen atoms in total. The molecule has 0 saturated carbocycles. The second-order valence-electron chi connectivity index (χ2n) is 6.58. The number of carbonyl (C=O) groups excluding carboxylic acids is 1. The first-order chi connectivity index (χ1) is 13.0. The molecule has 1 aromatic heterocycles. The van der Waals surface area contributed by atoms with Crippen LogP contribution in [0.4, 0.5) is 5.69 Å². The summed E-state index contributed by atoms with van der Waals surface area (Å²) in [6.45, 7) is 0.702. The Morgan fingerprint density at radius 1 is 1.22 bits per heavy atom. The molecule has 0 unspecified atom stereocenters. The Hall–Kier alpha value is -2.37. The predicted octanol–water partition coefficient (Wildman–Crippen LogP) is 4.22. The average Bonchev–Trinajstić information content (AvgIpc) is 3.12. The maximum atomic E-state index is 12.6. The fourth-order valence-corrected chi connectivity index (χ4v) is 3.79. The van der Waals surface area contributed by atoms with Gasteiger partial charge in [-0.3, -0.25) is 14.2 Å². The number of hydrogen-bond donors (Lipinski definition) is 1. The van der Waals surface area contributed by atoms with E-state index in [4.69, 9.17) is 23.2 Å². The third-order valence-electron chi connectivity index (χ3n) is 4.75. The van der Waals surface area contributed by atoms with E-state index >= 15 is 0 Å². The van der Waals surface area contributed by atoms with Crippen LogP contribution in [0.1, 0.15) is 24.2 Å². The SMILES string of the molecule is O=C(CCc1cccc(Cl)c1Cl)Nc1ccc2nc3n(c(=O)c2c1)CCC3. The van der Waals surface area contributed by atoms with E-state index in [0.717, 1.165) is 24.2 Å². The second kappa shape index (κ2) is 7.33. The van der Waals surface area contributed by atoms with Crippen molar-refractivity contribution in [1.29, 1.82) is 0 Å². The summed E-state index contributed by atoms with van der Waals surface area (Å²) in [6, 6.07) is 10.6. The van der Waals surface area contributed by atoms with Crippen LogP contribution in [0.15, 0.2) is 41.2 Å². The van der Waals surface area contributed by atoms with Crippen molar-refractivity contribution >= 4 is 45.7 Å². The minimum Gasteiger partial charge on any atom is -0.326 e. The molecule has 1 N–H and O–H groups in total. The van der Waals surface area contributed by atoms with Crippen molar-refractivity contribution in [1.82, 2.24) is 9.55 Å². The predicted molar refractivity (Wildman–Crippen MR) is 108 cm³/mol. The second-order valence-corrected chi connectivity index (χ2v) is 7.37. The molecule has 7 heteroatoms. The normalized spacial score (nSPS) is 13.0. The van der Waals surface area contributed by atoms with Gasteiger partial charge in [-0.05, 0) is 42.7 Å². The van der Waals surface area contributed by atoms with Crippen molar-refractivity contribution in [2.45, 2.75) is 32.2 Å². The monoisotopic (exact) mass is 401 g/mol. The van der Waals surface area contributed by atoms with Gasteiger partial charge in [0.1, 0.15) is 5.82 Å². The van der Waals surface area contributed by atoms with Gasteiger partial charge < -0.3 is 5.32 Å². The summed E-state index contributed by atoms with van der Waals surface area (Å²) < 4.78 is 1.72. The molecule has 27 heavy (non-hydrogen) atoms. The zero-order valence-electron chi connectivity index (χ0n) is 14.5. The first kappa shape index (κ1) is 18.0. The number of hydrogen-bond acceptors (Lipinski definition) is 3. The Morgan fingerprint density at radius 2 is 2.07 bits per heavy atom. The maximum Gasteiger partial charge on any atom is 0.261 e. The van der Waals surface area contributed by atoms with E-state index in [0.29, 0.717) is 39.6 Å². The maximum absolute atomic E-state index is 12.6. The van der Waals surface area contributed by atoms with Crippen LogP contribution in [-0.4, -0.2) is 15.5 Å². The Balaban J connectivity index is 1.50. The molecule has 1 aliphatic heterocycles. The molecule has 4 rings (SSSR count). The molecule has 0 radical (unpaired) electrons. The molecule has 0 fully saturated rings. The number of aromatic nitrogens is 2. The number of nitrogens with zero attached hydrogens (tertiary/aromatic N) is 2. The molecule has 0 bridgehead atoms. The van der Waals surface area contributed by atoms with Crippen LogP contribution in [0.25, 0.3) is 10.9 Å². The van der Waals surface area contributed by atoms with Gasteiger partial charge >= 0.3 is 0 Å². The highest BCUT2D eigenvalue weighted by Crippen LogP contribution is 2.26. The van der Waals surface area contributed by atoms with Crippen molar-refractivity contribution in [3.63, 3.8) is 0 Å². The van der Waals surface area contributed by atoms with E-state index < -0.39 is 0 Å². The third kappa shape index (κ3) is 3.57. The van der Waals surface area contributed by atoms with E-state index in [9.17, 15) is 9.59 Å². The summed E-state index contributed by atoms with van der Waals surface area (Å²) in [6.07, 6.45) is 2.51. The third-order valence-corrected chi connectivity index (χ3v) is 5.61. The quantitative estimate of drug-likeness (QED) is 0.711. The fourth-order valence-electron chi connectivity index (χ4n) is 3.37. The van der Waals surface area contributed by atoms with Crippen molar-refractivity contribution in [3.8, 4) is 0 Å². The van der Waals surface area contributed by atoms with Gasteiger partial charge in [0, 0.05) is 25.1 Å². The van der Waals surface area contributed by atoms with Crippen LogP contribution in [0, 0.1) is 0 Å². The van der Waals surface area contributed by atoms with Crippen molar-refractivity contribution in [2.75, 3.05) is 5.32 Å². The van der Waals surface area contributed by atoms with Gasteiger partial charge in [0.2, 0.25) is 5.91 Å². The molecule has 0 atom stereocenters. The van der Waals surface area contributed by atoms with Gasteiger partial charge in [0.15, 0.2) is 0 Å². The van der Waals surface area contributed by atoms with E-state index in [1.807, 2.05) is 12.1 Å². The Bertz CT molecular complexity index is 1110. The highest BCUT2D eigenvalue weighted by molar-refractivity contribution is 6.42. The van der Waals surface area contributed by atoms with E-state index in [1.54, 1.807) is 28.8 Å². The molecule has 0 aliphatic carbocycles. The fraction of sp³-hybridized carbons (Fsp3) is 0.250. The smallest absolute Gasteiger partial charge is 0.261 e. The number of fused-ring (bicyclic) bond motifs is 2. The van der Waals surface area contributed by atoms with E-state index in [-0.39, 0.29) is 17.9 Å². The zero-order chi connectivity index (χ0) is 19.0. The minimum atomic E-state index is -0.153. The summed E-state index contributed by atoms with van der Waals surface area (Å²) >= 11 is 12.2. The first-order valence-electron chi connectivity index (χ1n) is 8.79. The van der Waals surface area contributed by atoms with Crippen LogP contribution in [0.2, 0.25) is 10.0 Å². The van der Waals surface area contributed by atoms with Gasteiger partial charge in [0.25, 0.3) is 5.56 Å². The van der Waals surface area contributed by atoms with Gasteiger partial charge in [0.05, 0.1) is 20.9 Å². The summed E-state index contributed by atoms with van der Waals surface area (Å²) in [5, 5.41) is 4.32. The standard InChI is InChI=1S/C20H17Cl2N3O2/c21-15-4-1-3-12(19(15)22)6-9-18(26)23-13-7-8-16-14(11-13)20(27)25-10-2-5-17(25)24-16/h1,3-4,7-8,11H,2,5-6,9-10H2,(H,23,26). The Morgan fingerprint density at radius 3 is 2.93 bits per heavy atom. The topological polar surface area (TPSA) is 64.0 Å². The Labute approximate surface area is 165 Å². The summed E-state index contributed by atoms with van der Waals surface area (Å²) in [7, 11) is 0. The molecule has 2 aromatic carbocycles. The molecule has 1 aliphatic rings. The van der Waals surface area contributed by atoms with Gasteiger partial charge in [-0.25, -0.2) is 4.98 Å². The van der Waals surface area contributed by atoms with Crippen molar-refractivity contribution in [3.05, 3.63) is 68.2 Å². The molecular formula is C20H17Cl2N3O2. The van der Waals surface area contributed by atoms with Gasteiger partial charge in [-0.1, -0.05) is 35.3 Å². The minimum absolute atomic E-state index is 0.0469. The zero-order valence-corrected chi connectivity index (χ0v) is 16.0. The van der Waals surface area contributed by atoms with Crippen LogP contribution >= 0.6 is 23.2 Å². The highest BCUT2D eigenvalue weighted by atomic mass is 35.5. The number of aryl methyl sites for hydroxylation is 2. The summed E-state index contributed by atoms with van der Waals surface area (Å²) in [5.74, 6) is 0.683. The molecule has 2 heterocycles. The van der Waals surface area contributed by atoms with E-state index in [1.165, 1.54) is 0 Å². The molecule has 0 saturated heterocycles. The molecular weight excluding hydrogens is 385 g/mol. The van der Waals surface area contributed by atoms with Crippen LogP contribution in [-0.2, 0) is 24.2 Å². The lowest BCUT2D eigenvalue weighted by molar-refractivity contribution is -0.116.